The summed E-state index contributed by atoms with van der Waals surface area (Å²) < 4.78 is 7.43. The van der Waals surface area contributed by atoms with Crippen molar-refractivity contribution in [1.82, 2.24) is 14.5 Å². The van der Waals surface area contributed by atoms with Gasteiger partial charge in [-0.3, -0.25) is 4.79 Å². The van der Waals surface area contributed by atoms with E-state index in [1.807, 2.05) is 42.9 Å². The zero-order chi connectivity index (χ0) is 16.4. The molecule has 0 bridgehead atoms. The maximum Gasteiger partial charge on any atom is 0.230 e. The highest BCUT2D eigenvalue weighted by Gasteiger charge is 2.40. The summed E-state index contributed by atoms with van der Waals surface area (Å²) in [6.07, 6.45) is 1.38. The van der Waals surface area contributed by atoms with E-state index in [9.17, 15) is 4.79 Å². The molecule has 1 fully saturated rings. The molecule has 1 amide bonds. The Kier molecular flexibility index (Phi) is 7.68. The molecule has 0 spiro atoms. The number of fused-ring (bicyclic) bond motifs is 1. The fraction of sp³-hybridized carbons (Fsp3) is 0.529. The van der Waals surface area contributed by atoms with Crippen molar-refractivity contribution in [1.29, 1.82) is 0 Å². The van der Waals surface area contributed by atoms with E-state index in [1.165, 1.54) is 0 Å². The molecule has 0 atom stereocenters. The Morgan fingerprint density at radius 3 is 2.56 bits per heavy atom. The van der Waals surface area contributed by atoms with Crippen molar-refractivity contribution >= 4 is 41.8 Å². The largest absolute Gasteiger partial charge is 0.381 e. The zero-order valence-corrected chi connectivity index (χ0v) is 16.2. The summed E-state index contributed by atoms with van der Waals surface area (Å²) in [6.45, 7) is 2.04. The fourth-order valence-electron chi connectivity index (χ4n) is 3.29. The molecule has 25 heavy (non-hydrogen) atoms. The van der Waals surface area contributed by atoms with Gasteiger partial charge in [0.25, 0.3) is 0 Å². The van der Waals surface area contributed by atoms with Crippen LogP contribution in [0.15, 0.2) is 24.3 Å². The molecule has 0 unspecified atom stereocenters. The molecule has 8 heteroatoms. The van der Waals surface area contributed by atoms with Crippen molar-refractivity contribution in [2.45, 2.75) is 19.4 Å². The number of benzene rings is 1. The molecule has 140 valence electrons. The molecular weight excluding hydrogens is 363 g/mol. The first-order valence-corrected chi connectivity index (χ1v) is 8.01. The summed E-state index contributed by atoms with van der Waals surface area (Å²) in [6, 6.07) is 7.99. The normalized spacial score (nSPS) is 16.0. The highest BCUT2D eigenvalue weighted by molar-refractivity contribution is 5.85. The van der Waals surface area contributed by atoms with Gasteiger partial charge in [-0.25, -0.2) is 4.98 Å². The number of para-hydroxylation sites is 2. The lowest BCUT2D eigenvalue weighted by Crippen LogP contribution is -2.49. The Morgan fingerprint density at radius 1 is 1.32 bits per heavy atom. The van der Waals surface area contributed by atoms with Crippen LogP contribution in [0.1, 0.15) is 18.7 Å². The summed E-state index contributed by atoms with van der Waals surface area (Å²) in [5.41, 5.74) is 7.47. The molecule has 2 heterocycles. The van der Waals surface area contributed by atoms with Crippen molar-refractivity contribution in [3.63, 3.8) is 0 Å². The van der Waals surface area contributed by atoms with E-state index in [0.717, 1.165) is 16.9 Å². The standard InChI is InChI=1S/C17H24N4O2.2ClH/c1-20(16(22)17(12-18)7-9-23-10-8-17)11-15-19-13-5-3-4-6-14(13)21(15)2;;/h3-6H,7-12,18H2,1-2H3;2*1H. The quantitative estimate of drug-likeness (QED) is 0.870. The SMILES string of the molecule is CN(Cc1nc2ccccc2n1C)C(=O)C1(CN)CCOCC1.Cl.Cl. The third-order valence-electron chi connectivity index (χ3n) is 4.90. The van der Waals surface area contributed by atoms with Crippen LogP contribution in [-0.2, 0) is 23.1 Å². The molecule has 1 saturated heterocycles. The number of carbonyl (C=O) groups excluding carboxylic acids is 1. The van der Waals surface area contributed by atoms with Gasteiger partial charge in [0, 0.05) is 33.9 Å². The Bertz CT molecular complexity index is 714. The molecule has 0 saturated carbocycles. The number of nitrogens with two attached hydrogens (primary N) is 1. The maximum absolute atomic E-state index is 12.9. The topological polar surface area (TPSA) is 73.4 Å². The van der Waals surface area contributed by atoms with E-state index >= 15 is 0 Å². The van der Waals surface area contributed by atoms with Crippen LogP contribution in [0.3, 0.4) is 0 Å². The average molecular weight is 389 g/mol. The third kappa shape index (κ3) is 4.08. The molecule has 0 radical (unpaired) electrons. The van der Waals surface area contributed by atoms with Gasteiger partial charge in [-0.2, -0.15) is 0 Å². The van der Waals surface area contributed by atoms with Crippen molar-refractivity contribution in [2.75, 3.05) is 26.8 Å². The van der Waals surface area contributed by atoms with Gasteiger partial charge in [0.1, 0.15) is 5.82 Å². The number of aromatic nitrogens is 2. The van der Waals surface area contributed by atoms with Crippen molar-refractivity contribution in [3.05, 3.63) is 30.1 Å². The van der Waals surface area contributed by atoms with Gasteiger partial charge in [-0.15, -0.1) is 24.8 Å². The second-order valence-electron chi connectivity index (χ2n) is 6.33. The van der Waals surface area contributed by atoms with Gasteiger partial charge < -0.3 is 19.9 Å². The highest BCUT2D eigenvalue weighted by Crippen LogP contribution is 2.31. The molecule has 1 aromatic heterocycles. The number of imidazole rings is 1. The van der Waals surface area contributed by atoms with E-state index in [0.29, 0.717) is 39.1 Å². The molecular formula is C17H26Cl2N4O2. The van der Waals surface area contributed by atoms with Crippen LogP contribution in [0.2, 0.25) is 0 Å². The Balaban J connectivity index is 0.00000156. The second-order valence-corrected chi connectivity index (χ2v) is 6.33. The average Bonchev–Trinajstić information content (AvgIpc) is 2.91. The summed E-state index contributed by atoms with van der Waals surface area (Å²) >= 11 is 0. The van der Waals surface area contributed by atoms with Crippen LogP contribution < -0.4 is 5.73 Å². The first-order chi connectivity index (χ1) is 11.1. The fourth-order valence-corrected chi connectivity index (χ4v) is 3.29. The first-order valence-electron chi connectivity index (χ1n) is 8.01. The predicted molar refractivity (Wildman–Crippen MR) is 103 cm³/mol. The molecule has 2 aromatic rings. The number of hydrogen-bond donors (Lipinski definition) is 1. The number of carbonyl (C=O) groups is 1. The highest BCUT2D eigenvalue weighted by atomic mass is 35.5. The number of rotatable bonds is 4. The van der Waals surface area contributed by atoms with Crippen molar-refractivity contribution in [2.24, 2.45) is 18.2 Å². The monoisotopic (exact) mass is 388 g/mol. The van der Waals surface area contributed by atoms with Crippen LogP contribution >= 0.6 is 24.8 Å². The Hall–Kier alpha value is -1.34. The lowest BCUT2D eigenvalue weighted by atomic mass is 9.79. The van der Waals surface area contributed by atoms with E-state index in [-0.39, 0.29) is 30.7 Å². The van der Waals surface area contributed by atoms with Crippen LogP contribution in [0.5, 0.6) is 0 Å². The van der Waals surface area contributed by atoms with Crippen molar-refractivity contribution < 1.29 is 9.53 Å². The molecule has 1 aliphatic heterocycles. The minimum Gasteiger partial charge on any atom is -0.381 e. The van der Waals surface area contributed by atoms with Gasteiger partial charge in [0.05, 0.1) is 23.0 Å². The minimum absolute atomic E-state index is 0. The zero-order valence-electron chi connectivity index (χ0n) is 14.6. The van der Waals surface area contributed by atoms with E-state index in [4.69, 9.17) is 10.5 Å². The maximum atomic E-state index is 12.9. The number of halogens is 2. The van der Waals surface area contributed by atoms with Gasteiger partial charge in [-0.05, 0) is 25.0 Å². The number of hydrogen-bond acceptors (Lipinski definition) is 4. The molecule has 2 N–H and O–H groups in total. The van der Waals surface area contributed by atoms with Gasteiger partial charge in [-0.1, -0.05) is 12.1 Å². The lowest BCUT2D eigenvalue weighted by molar-refractivity contribution is -0.146. The van der Waals surface area contributed by atoms with E-state index < -0.39 is 5.41 Å². The lowest BCUT2D eigenvalue weighted by Gasteiger charge is -2.37. The molecule has 3 rings (SSSR count). The summed E-state index contributed by atoms with van der Waals surface area (Å²) in [7, 11) is 3.81. The van der Waals surface area contributed by atoms with Gasteiger partial charge in [0.2, 0.25) is 5.91 Å². The van der Waals surface area contributed by atoms with Crippen LogP contribution in [0.25, 0.3) is 11.0 Å². The Morgan fingerprint density at radius 2 is 1.96 bits per heavy atom. The molecule has 0 aliphatic carbocycles. The van der Waals surface area contributed by atoms with Gasteiger partial charge in [0.15, 0.2) is 0 Å². The Labute approximate surface area is 160 Å². The second kappa shape index (κ2) is 8.85. The molecule has 1 aromatic carbocycles. The third-order valence-corrected chi connectivity index (χ3v) is 4.90. The first kappa shape index (κ1) is 21.7. The van der Waals surface area contributed by atoms with Gasteiger partial charge >= 0.3 is 0 Å². The number of amides is 1. The predicted octanol–water partition coefficient (Wildman–Crippen LogP) is 2.13. The number of nitrogens with zero attached hydrogens (tertiary/aromatic N) is 3. The smallest absolute Gasteiger partial charge is 0.230 e. The summed E-state index contributed by atoms with van der Waals surface area (Å²) in [4.78, 5) is 19.3. The van der Waals surface area contributed by atoms with E-state index in [2.05, 4.69) is 4.98 Å². The molecule has 6 nitrogen and oxygen atoms in total. The van der Waals surface area contributed by atoms with Crippen LogP contribution in [0.4, 0.5) is 0 Å². The molecule has 1 aliphatic rings. The summed E-state index contributed by atoms with van der Waals surface area (Å²) in [5.74, 6) is 0.969. The van der Waals surface area contributed by atoms with Crippen LogP contribution in [-0.4, -0.2) is 47.2 Å². The summed E-state index contributed by atoms with van der Waals surface area (Å²) in [5, 5.41) is 0. The number of aryl methyl sites for hydroxylation is 1. The van der Waals surface area contributed by atoms with E-state index in [1.54, 1.807) is 4.90 Å². The van der Waals surface area contributed by atoms with Crippen LogP contribution in [0, 0.1) is 5.41 Å². The number of ether oxygens (including phenoxy) is 1. The minimum atomic E-state index is -0.489. The van der Waals surface area contributed by atoms with Crippen molar-refractivity contribution in [3.8, 4) is 0 Å².